The van der Waals surface area contributed by atoms with Crippen molar-refractivity contribution in [1.82, 2.24) is 4.98 Å². The molecule has 3 heteroatoms. The molecule has 0 bridgehead atoms. The van der Waals surface area contributed by atoms with Gasteiger partial charge in [-0.15, -0.1) is 0 Å². The second-order valence-electron chi connectivity index (χ2n) is 11.2. The van der Waals surface area contributed by atoms with Crippen molar-refractivity contribution in [3.8, 4) is 11.5 Å². The van der Waals surface area contributed by atoms with Crippen molar-refractivity contribution in [1.29, 1.82) is 0 Å². The van der Waals surface area contributed by atoms with Crippen LogP contribution in [0.4, 0.5) is 17.1 Å². The number of aromatic nitrogens is 1. The van der Waals surface area contributed by atoms with Crippen LogP contribution < -0.4 is 4.90 Å². The lowest BCUT2D eigenvalue weighted by molar-refractivity contribution is 0.623. The van der Waals surface area contributed by atoms with Gasteiger partial charge in [-0.05, 0) is 69.4 Å². The van der Waals surface area contributed by atoms with Crippen molar-refractivity contribution >= 4 is 71.3 Å². The quantitative estimate of drug-likeness (QED) is 0.200. The summed E-state index contributed by atoms with van der Waals surface area (Å²) in [5.74, 6) is 0.637. The molecule has 0 saturated heterocycles. The average Bonchev–Trinajstić information content (AvgIpc) is 3.55. The first-order chi connectivity index (χ1) is 21.8. The fraction of sp³-hybridized carbons (Fsp3) is 0. The molecule has 0 radical (unpaired) electrons. The zero-order valence-corrected chi connectivity index (χ0v) is 23.8. The number of hydrogen-bond acceptors (Lipinski definition) is 3. The standard InChI is InChI=1S/C41H26N2O/c1-3-13-29(14-4-1)41-42-39-35-25-23-28-22-24-31(26-36(28)38(35)33-19-9-10-20-34(33)40(39)44-41)43(30-16-5-2-6-17-30)37-21-11-15-27-12-7-8-18-32(27)37/h1-26H. The number of nitrogens with zero attached hydrogens (tertiary/aromatic N) is 2. The summed E-state index contributed by atoms with van der Waals surface area (Å²) >= 11 is 0. The maximum absolute atomic E-state index is 6.49. The Hall–Kier alpha value is -5.93. The van der Waals surface area contributed by atoms with Crippen LogP contribution in [0.25, 0.3) is 65.6 Å². The van der Waals surface area contributed by atoms with E-state index in [0.717, 1.165) is 49.9 Å². The van der Waals surface area contributed by atoms with Crippen molar-refractivity contribution in [2.75, 3.05) is 4.90 Å². The molecule has 9 rings (SSSR count). The van der Waals surface area contributed by atoms with Gasteiger partial charge in [-0.3, -0.25) is 0 Å². The van der Waals surface area contributed by atoms with Gasteiger partial charge in [-0.1, -0.05) is 115 Å². The van der Waals surface area contributed by atoms with Gasteiger partial charge >= 0.3 is 0 Å². The van der Waals surface area contributed by atoms with Crippen molar-refractivity contribution in [3.63, 3.8) is 0 Å². The Morgan fingerprint density at radius 1 is 0.455 bits per heavy atom. The summed E-state index contributed by atoms with van der Waals surface area (Å²) < 4.78 is 6.49. The summed E-state index contributed by atoms with van der Waals surface area (Å²) in [6.45, 7) is 0. The highest BCUT2D eigenvalue weighted by Crippen LogP contribution is 2.44. The van der Waals surface area contributed by atoms with E-state index in [4.69, 9.17) is 9.40 Å². The second-order valence-corrected chi connectivity index (χ2v) is 11.2. The number of oxazole rings is 1. The molecule has 1 heterocycles. The zero-order valence-electron chi connectivity index (χ0n) is 23.8. The van der Waals surface area contributed by atoms with E-state index in [1.807, 2.05) is 30.3 Å². The minimum absolute atomic E-state index is 0.637. The summed E-state index contributed by atoms with van der Waals surface area (Å²) in [5.41, 5.74) is 6.03. The number of rotatable bonds is 4. The highest BCUT2D eigenvalue weighted by Gasteiger charge is 2.20. The Morgan fingerprint density at radius 3 is 1.95 bits per heavy atom. The minimum Gasteiger partial charge on any atom is -0.435 e. The van der Waals surface area contributed by atoms with Crippen LogP contribution in [0, 0.1) is 0 Å². The van der Waals surface area contributed by atoms with Crippen LogP contribution in [0.5, 0.6) is 0 Å². The molecular weight excluding hydrogens is 536 g/mol. The SMILES string of the molecule is c1ccc(-c2nc3c4ccc5ccc(N(c6ccccc6)c6cccc7ccccc67)cc5c4c4ccccc4c3o2)cc1. The van der Waals surface area contributed by atoms with E-state index in [2.05, 4.69) is 132 Å². The molecule has 44 heavy (non-hydrogen) atoms. The van der Waals surface area contributed by atoms with Crippen molar-refractivity contribution in [3.05, 3.63) is 158 Å². The van der Waals surface area contributed by atoms with E-state index in [9.17, 15) is 0 Å². The average molecular weight is 563 g/mol. The maximum Gasteiger partial charge on any atom is 0.227 e. The molecule has 0 amide bonds. The lowest BCUT2D eigenvalue weighted by Crippen LogP contribution is -2.10. The Bertz CT molecular complexity index is 2490. The zero-order chi connectivity index (χ0) is 29.0. The second kappa shape index (κ2) is 9.82. The lowest BCUT2D eigenvalue weighted by atomic mass is 9.94. The maximum atomic E-state index is 6.49. The van der Waals surface area contributed by atoms with E-state index in [-0.39, 0.29) is 0 Å². The number of anilines is 3. The van der Waals surface area contributed by atoms with Crippen LogP contribution in [-0.4, -0.2) is 4.98 Å². The van der Waals surface area contributed by atoms with E-state index in [0.29, 0.717) is 5.89 Å². The molecule has 9 aromatic rings. The molecule has 206 valence electrons. The van der Waals surface area contributed by atoms with Crippen LogP contribution in [0.15, 0.2) is 162 Å². The molecule has 0 saturated carbocycles. The Morgan fingerprint density at radius 2 is 1.11 bits per heavy atom. The number of para-hydroxylation sites is 1. The highest BCUT2D eigenvalue weighted by atomic mass is 16.3. The summed E-state index contributed by atoms with van der Waals surface area (Å²) in [7, 11) is 0. The molecule has 0 aliphatic carbocycles. The molecule has 8 aromatic carbocycles. The summed E-state index contributed by atoms with van der Waals surface area (Å²) in [6.07, 6.45) is 0. The largest absolute Gasteiger partial charge is 0.435 e. The molecule has 0 aliphatic heterocycles. The molecule has 1 aromatic heterocycles. The topological polar surface area (TPSA) is 29.3 Å². The lowest BCUT2D eigenvalue weighted by Gasteiger charge is -2.27. The van der Waals surface area contributed by atoms with Gasteiger partial charge in [-0.25, -0.2) is 4.98 Å². The molecular formula is C41H26N2O. The number of hydrogen-bond donors (Lipinski definition) is 0. The Balaban J connectivity index is 1.36. The number of fused-ring (bicyclic) bond motifs is 9. The summed E-state index contributed by atoms with van der Waals surface area (Å²) in [5, 5.41) is 9.29. The normalized spacial score (nSPS) is 11.6. The van der Waals surface area contributed by atoms with Gasteiger partial charge < -0.3 is 9.32 Å². The van der Waals surface area contributed by atoms with E-state index >= 15 is 0 Å². The van der Waals surface area contributed by atoms with E-state index < -0.39 is 0 Å². The van der Waals surface area contributed by atoms with E-state index in [1.54, 1.807) is 0 Å². The van der Waals surface area contributed by atoms with E-state index in [1.165, 1.54) is 26.9 Å². The fourth-order valence-electron chi connectivity index (χ4n) is 6.63. The van der Waals surface area contributed by atoms with Crippen molar-refractivity contribution < 1.29 is 4.42 Å². The fourth-order valence-corrected chi connectivity index (χ4v) is 6.63. The summed E-state index contributed by atoms with van der Waals surface area (Å²) in [6, 6.07) is 55.6. The van der Waals surface area contributed by atoms with Gasteiger partial charge in [0.1, 0.15) is 5.52 Å². The molecule has 3 nitrogen and oxygen atoms in total. The molecule has 0 spiro atoms. The van der Waals surface area contributed by atoms with Crippen molar-refractivity contribution in [2.24, 2.45) is 0 Å². The molecule has 0 N–H and O–H groups in total. The third-order valence-corrected chi connectivity index (χ3v) is 8.63. The van der Waals surface area contributed by atoms with Crippen LogP contribution in [-0.2, 0) is 0 Å². The van der Waals surface area contributed by atoms with Gasteiger partial charge in [0.25, 0.3) is 0 Å². The third-order valence-electron chi connectivity index (χ3n) is 8.63. The van der Waals surface area contributed by atoms with Gasteiger partial charge in [0.2, 0.25) is 5.89 Å². The highest BCUT2D eigenvalue weighted by molar-refractivity contribution is 6.30. The Kier molecular flexibility index (Phi) is 5.50. The predicted molar refractivity (Wildman–Crippen MR) is 184 cm³/mol. The first kappa shape index (κ1) is 24.6. The monoisotopic (exact) mass is 562 g/mol. The molecule has 0 fully saturated rings. The van der Waals surface area contributed by atoms with Crippen molar-refractivity contribution in [2.45, 2.75) is 0 Å². The summed E-state index contributed by atoms with van der Waals surface area (Å²) in [4.78, 5) is 7.44. The Labute approximate surface area is 254 Å². The van der Waals surface area contributed by atoms with Crippen LogP contribution >= 0.6 is 0 Å². The molecule has 0 atom stereocenters. The predicted octanol–water partition coefficient (Wildman–Crippen LogP) is 11.6. The van der Waals surface area contributed by atoms with Gasteiger partial charge in [-0.2, -0.15) is 0 Å². The molecule has 0 aliphatic rings. The minimum atomic E-state index is 0.637. The van der Waals surface area contributed by atoms with Crippen LogP contribution in [0.3, 0.4) is 0 Å². The molecule has 0 unspecified atom stereocenters. The van der Waals surface area contributed by atoms with Crippen LogP contribution in [0.2, 0.25) is 0 Å². The number of benzene rings is 8. The van der Waals surface area contributed by atoms with Gasteiger partial charge in [0, 0.05) is 33.1 Å². The smallest absolute Gasteiger partial charge is 0.227 e. The first-order valence-electron chi connectivity index (χ1n) is 14.9. The third kappa shape index (κ3) is 3.80. The first-order valence-corrected chi connectivity index (χ1v) is 14.9. The van der Waals surface area contributed by atoms with Crippen LogP contribution in [0.1, 0.15) is 0 Å². The van der Waals surface area contributed by atoms with Gasteiger partial charge in [0.15, 0.2) is 5.58 Å². The van der Waals surface area contributed by atoms with Gasteiger partial charge in [0.05, 0.1) is 5.69 Å².